The van der Waals surface area contributed by atoms with E-state index in [0.717, 1.165) is 12.1 Å². The average Bonchev–Trinajstić information content (AvgIpc) is 3.04. The van der Waals surface area contributed by atoms with Crippen LogP contribution in [0.25, 0.3) is 0 Å². The summed E-state index contributed by atoms with van der Waals surface area (Å²) in [6, 6.07) is 3.82. The van der Waals surface area contributed by atoms with Gasteiger partial charge in [0.15, 0.2) is 11.6 Å². The van der Waals surface area contributed by atoms with Gasteiger partial charge in [0.1, 0.15) is 17.0 Å². The number of nitrogens with one attached hydrogen (secondary N) is 1. The minimum Gasteiger partial charge on any atom is -0.491 e. The van der Waals surface area contributed by atoms with E-state index >= 15 is 0 Å². The maximum atomic E-state index is 14.2. The van der Waals surface area contributed by atoms with Gasteiger partial charge in [-0.05, 0) is 48.4 Å². The zero-order valence-corrected chi connectivity index (χ0v) is 13.5. The Morgan fingerprint density at radius 2 is 2.13 bits per heavy atom. The summed E-state index contributed by atoms with van der Waals surface area (Å²) >= 11 is 1.40. The highest BCUT2D eigenvalue weighted by Gasteiger charge is 2.27. The first-order valence-corrected chi connectivity index (χ1v) is 7.95. The molecule has 0 saturated heterocycles. The molecule has 0 aliphatic heterocycles. The lowest BCUT2D eigenvalue weighted by Gasteiger charge is -2.23. The van der Waals surface area contributed by atoms with E-state index in [0.29, 0.717) is 5.56 Å². The van der Waals surface area contributed by atoms with Gasteiger partial charge in [-0.25, -0.2) is 8.78 Å². The molecule has 0 spiro atoms. The van der Waals surface area contributed by atoms with Crippen molar-refractivity contribution in [2.75, 3.05) is 13.2 Å². The van der Waals surface area contributed by atoms with Crippen LogP contribution < -0.4 is 10.1 Å². The molecule has 124 valence electrons. The first-order valence-electron chi connectivity index (χ1n) is 7.01. The molecule has 2 N–H and O–H groups in total. The Balaban J connectivity index is 2.16. The Hall–Kier alpha value is -1.99. The Morgan fingerprint density at radius 3 is 2.74 bits per heavy atom. The second-order valence-electron chi connectivity index (χ2n) is 5.14. The minimum atomic E-state index is -1.33. The van der Waals surface area contributed by atoms with Crippen molar-refractivity contribution in [2.24, 2.45) is 0 Å². The summed E-state index contributed by atoms with van der Waals surface area (Å²) < 4.78 is 33.0. The van der Waals surface area contributed by atoms with Crippen molar-refractivity contribution in [3.05, 3.63) is 51.7 Å². The summed E-state index contributed by atoms with van der Waals surface area (Å²) in [5, 5.41) is 16.2. The number of carbonyl (C=O) groups excluding carboxylic acids is 1. The van der Waals surface area contributed by atoms with Gasteiger partial charge in [-0.1, -0.05) is 0 Å². The predicted octanol–water partition coefficient (Wildman–Crippen LogP) is 3.06. The molecule has 1 aromatic carbocycles. The topological polar surface area (TPSA) is 58.6 Å². The highest BCUT2D eigenvalue weighted by molar-refractivity contribution is 7.08. The van der Waals surface area contributed by atoms with Crippen molar-refractivity contribution in [1.29, 1.82) is 0 Å². The fraction of sp³-hybridized carbons (Fsp3) is 0.312. The second kappa shape index (κ2) is 7.06. The van der Waals surface area contributed by atoms with Gasteiger partial charge in [0, 0.05) is 0 Å². The van der Waals surface area contributed by atoms with Gasteiger partial charge < -0.3 is 15.2 Å². The zero-order chi connectivity index (χ0) is 17.0. The Kier molecular flexibility index (Phi) is 5.33. The van der Waals surface area contributed by atoms with E-state index in [2.05, 4.69) is 5.32 Å². The molecular weight excluding hydrogens is 324 g/mol. The van der Waals surface area contributed by atoms with E-state index < -0.39 is 28.7 Å². The summed E-state index contributed by atoms with van der Waals surface area (Å²) in [5.41, 5.74) is -1.44. The van der Waals surface area contributed by atoms with Crippen LogP contribution in [-0.2, 0) is 5.60 Å². The van der Waals surface area contributed by atoms with Crippen LogP contribution in [0.15, 0.2) is 29.0 Å². The predicted molar refractivity (Wildman–Crippen MR) is 83.8 cm³/mol. The summed E-state index contributed by atoms with van der Waals surface area (Å²) in [5.74, 6) is -3.18. The fourth-order valence-corrected chi connectivity index (χ4v) is 2.81. The summed E-state index contributed by atoms with van der Waals surface area (Å²) in [4.78, 5) is 12.1. The molecule has 0 bridgehead atoms. The fourth-order valence-electron chi connectivity index (χ4n) is 2.02. The lowest BCUT2D eigenvalue weighted by atomic mass is 9.99. The van der Waals surface area contributed by atoms with Crippen LogP contribution in [0.1, 0.15) is 29.8 Å². The maximum Gasteiger partial charge on any atom is 0.257 e. The number of benzene rings is 1. The monoisotopic (exact) mass is 341 g/mol. The molecule has 2 aromatic rings. The number of aliphatic hydroxyl groups is 1. The molecule has 0 radical (unpaired) electrons. The first-order chi connectivity index (χ1) is 10.9. The molecule has 0 aliphatic carbocycles. The zero-order valence-electron chi connectivity index (χ0n) is 12.7. The molecule has 1 amide bonds. The molecule has 4 nitrogen and oxygen atoms in total. The smallest absolute Gasteiger partial charge is 0.257 e. The first kappa shape index (κ1) is 17.4. The Morgan fingerprint density at radius 1 is 1.39 bits per heavy atom. The van der Waals surface area contributed by atoms with E-state index in [-0.39, 0.29) is 18.9 Å². The molecular formula is C16H17F2NO3S. The van der Waals surface area contributed by atoms with Crippen LogP contribution in [0.3, 0.4) is 0 Å². The third-order valence-electron chi connectivity index (χ3n) is 3.32. The van der Waals surface area contributed by atoms with E-state index in [1.807, 2.05) is 0 Å². The highest BCUT2D eigenvalue weighted by Crippen LogP contribution is 2.25. The molecule has 0 saturated carbocycles. The number of ether oxygens (including phenoxy) is 1. The van der Waals surface area contributed by atoms with Crippen molar-refractivity contribution >= 4 is 17.2 Å². The molecule has 2 rings (SSSR count). The maximum absolute atomic E-state index is 14.2. The summed E-state index contributed by atoms with van der Waals surface area (Å²) in [6.45, 7) is 3.18. The van der Waals surface area contributed by atoms with Crippen LogP contribution in [0.4, 0.5) is 8.78 Å². The van der Waals surface area contributed by atoms with Crippen molar-refractivity contribution in [3.8, 4) is 5.75 Å². The van der Waals surface area contributed by atoms with Crippen molar-refractivity contribution in [3.63, 3.8) is 0 Å². The molecule has 0 fully saturated rings. The minimum absolute atomic E-state index is 0.180. The molecule has 23 heavy (non-hydrogen) atoms. The van der Waals surface area contributed by atoms with Crippen molar-refractivity contribution in [2.45, 2.75) is 19.4 Å². The number of rotatable bonds is 6. The summed E-state index contributed by atoms with van der Waals surface area (Å²) in [6.07, 6.45) is 0. The van der Waals surface area contributed by atoms with Crippen LogP contribution >= 0.6 is 11.3 Å². The van der Waals surface area contributed by atoms with E-state index in [1.165, 1.54) is 18.3 Å². The number of carbonyl (C=O) groups is 1. The summed E-state index contributed by atoms with van der Waals surface area (Å²) in [7, 11) is 0. The van der Waals surface area contributed by atoms with E-state index in [1.54, 1.807) is 23.8 Å². The van der Waals surface area contributed by atoms with E-state index in [9.17, 15) is 18.7 Å². The normalized spacial score (nSPS) is 13.4. The Labute approximate surface area is 136 Å². The van der Waals surface area contributed by atoms with Crippen LogP contribution in [0, 0.1) is 11.6 Å². The molecule has 1 heterocycles. The van der Waals surface area contributed by atoms with Gasteiger partial charge in [-0.2, -0.15) is 11.3 Å². The Bertz CT molecular complexity index is 687. The van der Waals surface area contributed by atoms with Gasteiger partial charge in [-0.3, -0.25) is 4.79 Å². The van der Waals surface area contributed by atoms with Crippen LogP contribution in [-0.4, -0.2) is 24.2 Å². The molecule has 1 unspecified atom stereocenters. The highest BCUT2D eigenvalue weighted by atomic mass is 32.1. The quantitative estimate of drug-likeness (QED) is 0.849. The number of thiophene rings is 1. The molecule has 0 aliphatic rings. The standard InChI is InChI=1S/C16H17F2NO3S/c1-3-22-12-5-4-11(17)13(14(12)18)15(20)19-9-16(2,21)10-6-7-23-8-10/h4-8,21H,3,9H2,1-2H3,(H,19,20). The SMILES string of the molecule is CCOc1ccc(F)c(C(=O)NCC(C)(O)c2ccsc2)c1F. The van der Waals surface area contributed by atoms with Crippen LogP contribution in [0.2, 0.25) is 0 Å². The third kappa shape index (κ3) is 3.86. The largest absolute Gasteiger partial charge is 0.491 e. The lowest BCUT2D eigenvalue weighted by Crippen LogP contribution is -2.39. The van der Waals surface area contributed by atoms with Gasteiger partial charge >= 0.3 is 0 Å². The molecule has 1 atom stereocenters. The van der Waals surface area contributed by atoms with Crippen molar-refractivity contribution in [1.82, 2.24) is 5.32 Å². The molecule has 7 heteroatoms. The van der Waals surface area contributed by atoms with E-state index in [4.69, 9.17) is 4.74 Å². The number of amides is 1. The number of halogens is 2. The average molecular weight is 341 g/mol. The van der Waals surface area contributed by atoms with Gasteiger partial charge in [0.05, 0.1) is 13.2 Å². The third-order valence-corrected chi connectivity index (χ3v) is 4.00. The number of hydrogen-bond acceptors (Lipinski definition) is 4. The van der Waals surface area contributed by atoms with Gasteiger partial charge in [0.25, 0.3) is 5.91 Å². The van der Waals surface area contributed by atoms with Gasteiger partial charge in [-0.15, -0.1) is 0 Å². The van der Waals surface area contributed by atoms with Crippen molar-refractivity contribution < 1.29 is 23.4 Å². The lowest BCUT2D eigenvalue weighted by molar-refractivity contribution is 0.0527. The number of hydrogen-bond donors (Lipinski definition) is 2. The van der Waals surface area contributed by atoms with Crippen LogP contribution in [0.5, 0.6) is 5.75 Å². The van der Waals surface area contributed by atoms with Gasteiger partial charge in [0.2, 0.25) is 0 Å². The second-order valence-corrected chi connectivity index (χ2v) is 5.92. The molecule has 1 aromatic heterocycles.